The molecule has 0 atom stereocenters. The fourth-order valence-corrected chi connectivity index (χ4v) is 4.89. The number of nitro benzene ring substituents is 1. The van der Waals surface area contributed by atoms with E-state index in [9.17, 15) is 14.9 Å². The Morgan fingerprint density at radius 3 is 2.68 bits per heavy atom. The monoisotopic (exact) mass is 500 g/mol. The van der Waals surface area contributed by atoms with Gasteiger partial charge in [0.15, 0.2) is 5.13 Å². The van der Waals surface area contributed by atoms with E-state index in [1.807, 2.05) is 0 Å². The van der Waals surface area contributed by atoms with Crippen LogP contribution in [0.15, 0.2) is 42.5 Å². The maximum atomic E-state index is 12.0. The van der Waals surface area contributed by atoms with Crippen LogP contribution in [0.3, 0.4) is 0 Å². The van der Waals surface area contributed by atoms with Gasteiger partial charge in [-0.3, -0.25) is 14.9 Å². The Labute approximate surface area is 206 Å². The molecule has 1 aliphatic rings. The number of likely N-dealkylation sites (N-methyl/N-ethyl adjacent to an activating group) is 1. The first-order valence-corrected chi connectivity index (χ1v) is 12.0. The Hall–Kier alpha value is -3.05. The molecule has 1 amide bonds. The number of thiazole rings is 1. The number of rotatable bonds is 8. The molecule has 1 saturated heterocycles. The molecule has 1 aromatic heterocycles. The van der Waals surface area contributed by atoms with E-state index in [0.29, 0.717) is 27.1 Å². The molecule has 3 aromatic rings. The molecule has 11 heteroatoms. The zero-order chi connectivity index (χ0) is 24.2. The van der Waals surface area contributed by atoms with Crippen LogP contribution in [-0.2, 0) is 6.42 Å². The molecule has 1 aliphatic heterocycles. The molecule has 0 radical (unpaired) electrons. The maximum Gasteiger partial charge on any atom is 0.292 e. The van der Waals surface area contributed by atoms with Crippen molar-refractivity contribution in [3.8, 4) is 11.3 Å². The number of carbonyl (C=O) groups is 1. The molecule has 0 aliphatic carbocycles. The summed E-state index contributed by atoms with van der Waals surface area (Å²) in [5.41, 5.74) is 7.83. The van der Waals surface area contributed by atoms with Crippen LogP contribution in [0, 0.1) is 10.1 Å². The van der Waals surface area contributed by atoms with Gasteiger partial charge in [0.2, 0.25) is 0 Å². The van der Waals surface area contributed by atoms with Gasteiger partial charge >= 0.3 is 0 Å². The molecule has 0 bridgehead atoms. The molecule has 4 rings (SSSR count). The van der Waals surface area contributed by atoms with E-state index in [1.54, 1.807) is 36.4 Å². The van der Waals surface area contributed by atoms with Gasteiger partial charge < -0.3 is 20.9 Å². The Kier molecular flexibility index (Phi) is 7.42. The van der Waals surface area contributed by atoms with E-state index >= 15 is 0 Å². The van der Waals surface area contributed by atoms with Crippen LogP contribution in [0.2, 0.25) is 5.02 Å². The number of aromatic nitrogens is 1. The summed E-state index contributed by atoms with van der Waals surface area (Å²) in [6.45, 7) is 4.97. The third-order valence-electron chi connectivity index (χ3n) is 5.76. The number of anilines is 2. The second kappa shape index (κ2) is 10.5. The van der Waals surface area contributed by atoms with Crippen LogP contribution in [-0.4, -0.2) is 65.4 Å². The lowest BCUT2D eigenvalue weighted by molar-refractivity contribution is -0.383. The van der Waals surface area contributed by atoms with Crippen LogP contribution < -0.4 is 11.1 Å². The number of nitrogens with zero attached hydrogens (tertiary/aromatic N) is 4. The summed E-state index contributed by atoms with van der Waals surface area (Å²) in [5, 5.41) is 15.5. The molecule has 0 unspecified atom stereocenters. The zero-order valence-corrected chi connectivity index (χ0v) is 20.2. The number of piperazine rings is 1. The summed E-state index contributed by atoms with van der Waals surface area (Å²) in [6.07, 6.45) is 0.772. The number of nitro groups is 1. The predicted molar refractivity (Wildman–Crippen MR) is 135 cm³/mol. The Morgan fingerprint density at radius 1 is 1.24 bits per heavy atom. The van der Waals surface area contributed by atoms with Crippen LogP contribution in [0.1, 0.15) is 15.2 Å². The SMILES string of the molecule is CN1CCN(CCc2ccc([N+](=O)[O-])c(Nc3nc(-c4cccc(Cl)c4)c(C(N)=O)s3)c2)CC1. The number of nitrogens with one attached hydrogen (secondary N) is 1. The number of hydrogen-bond acceptors (Lipinski definition) is 8. The molecule has 0 saturated carbocycles. The van der Waals surface area contributed by atoms with Gasteiger partial charge in [0.1, 0.15) is 10.6 Å². The predicted octanol–water partition coefficient (Wildman–Crippen LogP) is 4.00. The molecule has 9 nitrogen and oxygen atoms in total. The van der Waals surface area contributed by atoms with Crippen molar-refractivity contribution in [2.24, 2.45) is 5.73 Å². The van der Waals surface area contributed by atoms with Crippen molar-refractivity contribution in [1.82, 2.24) is 14.8 Å². The molecular formula is C23H25ClN6O3S. The largest absolute Gasteiger partial charge is 0.365 e. The zero-order valence-electron chi connectivity index (χ0n) is 18.7. The molecule has 2 aromatic carbocycles. The highest BCUT2D eigenvalue weighted by molar-refractivity contribution is 7.18. The smallest absolute Gasteiger partial charge is 0.292 e. The second-order valence-electron chi connectivity index (χ2n) is 8.20. The van der Waals surface area contributed by atoms with Crippen molar-refractivity contribution >= 4 is 45.4 Å². The van der Waals surface area contributed by atoms with Crippen molar-refractivity contribution in [2.45, 2.75) is 6.42 Å². The summed E-state index contributed by atoms with van der Waals surface area (Å²) in [5.74, 6) is -0.629. The molecule has 34 heavy (non-hydrogen) atoms. The Balaban J connectivity index is 1.58. The molecule has 1 fully saturated rings. The van der Waals surface area contributed by atoms with Gasteiger partial charge in [-0.1, -0.05) is 41.1 Å². The van der Waals surface area contributed by atoms with Crippen LogP contribution in [0.25, 0.3) is 11.3 Å². The average molecular weight is 501 g/mol. The first-order chi connectivity index (χ1) is 16.3. The first kappa shape index (κ1) is 24.1. The van der Waals surface area contributed by atoms with E-state index in [1.165, 1.54) is 6.07 Å². The van der Waals surface area contributed by atoms with E-state index in [-0.39, 0.29) is 10.6 Å². The van der Waals surface area contributed by atoms with Crippen molar-refractivity contribution in [3.05, 3.63) is 68.0 Å². The number of halogens is 1. The highest BCUT2D eigenvalue weighted by atomic mass is 35.5. The van der Waals surface area contributed by atoms with Gasteiger partial charge in [-0.15, -0.1) is 0 Å². The highest BCUT2D eigenvalue weighted by Gasteiger charge is 2.21. The van der Waals surface area contributed by atoms with Gasteiger partial charge in [0.25, 0.3) is 11.6 Å². The molecule has 3 N–H and O–H groups in total. The minimum absolute atomic E-state index is 0.0662. The summed E-state index contributed by atoms with van der Waals surface area (Å²) in [6, 6.07) is 12.0. The summed E-state index contributed by atoms with van der Waals surface area (Å²) in [4.78, 5) is 32.7. The second-order valence-corrected chi connectivity index (χ2v) is 9.64. The van der Waals surface area contributed by atoms with Crippen molar-refractivity contribution in [3.63, 3.8) is 0 Å². The Bertz CT molecular complexity index is 1210. The van der Waals surface area contributed by atoms with Crippen molar-refractivity contribution < 1.29 is 9.72 Å². The number of nitrogens with two attached hydrogens (primary N) is 1. The first-order valence-electron chi connectivity index (χ1n) is 10.8. The topological polar surface area (TPSA) is 118 Å². The quantitative estimate of drug-likeness (QED) is 0.354. The summed E-state index contributed by atoms with van der Waals surface area (Å²) >= 11 is 7.14. The lowest BCUT2D eigenvalue weighted by atomic mass is 10.1. The highest BCUT2D eigenvalue weighted by Crippen LogP contribution is 2.36. The summed E-state index contributed by atoms with van der Waals surface area (Å²) in [7, 11) is 2.12. The van der Waals surface area contributed by atoms with Crippen molar-refractivity contribution in [2.75, 3.05) is 45.1 Å². The normalized spacial score (nSPS) is 14.8. The Morgan fingerprint density at radius 2 is 2.00 bits per heavy atom. The standard InChI is InChI=1S/C23H25ClN6O3S/c1-28-9-11-29(12-10-28)8-7-15-5-6-19(30(32)33)18(13-15)26-23-27-20(21(34-23)22(25)31)16-3-2-4-17(24)14-16/h2-6,13-14H,7-12H2,1H3,(H2,25,31)(H,26,27). The van der Waals surface area contributed by atoms with Gasteiger partial charge in [-0.2, -0.15) is 0 Å². The van der Waals surface area contributed by atoms with Gasteiger partial charge in [-0.25, -0.2) is 4.98 Å². The van der Waals surface area contributed by atoms with E-state index in [0.717, 1.165) is 56.0 Å². The fraction of sp³-hybridized carbons (Fsp3) is 0.304. The van der Waals surface area contributed by atoms with Crippen LogP contribution in [0.5, 0.6) is 0 Å². The maximum absolute atomic E-state index is 12.0. The average Bonchev–Trinajstić information content (AvgIpc) is 3.23. The minimum Gasteiger partial charge on any atom is -0.365 e. The lowest BCUT2D eigenvalue weighted by Crippen LogP contribution is -2.45. The minimum atomic E-state index is -0.629. The number of hydrogen-bond donors (Lipinski definition) is 2. The number of primary amides is 1. The fourth-order valence-electron chi connectivity index (χ4n) is 3.84. The van der Waals surface area contributed by atoms with Crippen molar-refractivity contribution in [1.29, 1.82) is 0 Å². The number of carbonyl (C=O) groups excluding carboxylic acids is 1. The number of amides is 1. The summed E-state index contributed by atoms with van der Waals surface area (Å²) < 4.78 is 0. The van der Waals surface area contributed by atoms with E-state index in [4.69, 9.17) is 17.3 Å². The molecule has 178 valence electrons. The van der Waals surface area contributed by atoms with E-state index < -0.39 is 10.8 Å². The third kappa shape index (κ3) is 5.71. The van der Waals surface area contributed by atoms with Gasteiger partial charge in [0, 0.05) is 49.4 Å². The lowest BCUT2D eigenvalue weighted by Gasteiger charge is -2.32. The number of benzene rings is 2. The van der Waals surface area contributed by atoms with Crippen LogP contribution >= 0.6 is 22.9 Å². The van der Waals surface area contributed by atoms with E-state index in [2.05, 4.69) is 27.1 Å². The molecule has 0 spiro atoms. The third-order valence-corrected chi connectivity index (χ3v) is 6.98. The van der Waals surface area contributed by atoms with Gasteiger partial charge in [0.05, 0.1) is 10.6 Å². The molecule has 2 heterocycles. The molecular weight excluding hydrogens is 476 g/mol. The van der Waals surface area contributed by atoms with Gasteiger partial charge in [-0.05, 0) is 37.2 Å². The van der Waals surface area contributed by atoms with Crippen LogP contribution in [0.4, 0.5) is 16.5 Å².